The summed E-state index contributed by atoms with van der Waals surface area (Å²) in [5.41, 5.74) is 1.15. The molecule has 0 amide bonds. The van der Waals surface area contributed by atoms with Gasteiger partial charge in [-0.1, -0.05) is 6.07 Å². The fourth-order valence-electron chi connectivity index (χ4n) is 1.64. The average molecular weight is 332 g/mol. The van der Waals surface area contributed by atoms with Crippen LogP contribution < -0.4 is 4.90 Å². The fraction of sp³-hybridized carbons (Fsp3) is 0.125. The van der Waals surface area contributed by atoms with Gasteiger partial charge in [-0.2, -0.15) is 0 Å². The van der Waals surface area contributed by atoms with Crippen molar-refractivity contribution in [1.82, 2.24) is 0 Å². The van der Waals surface area contributed by atoms with E-state index in [0.717, 1.165) is 17.8 Å². The Morgan fingerprint density at radius 2 is 1.50 bits per heavy atom. The van der Waals surface area contributed by atoms with Crippen molar-refractivity contribution in [3.63, 3.8) is 0 Å². The number of aromatic carboxylic acids is 2. The van der Waals surface area contributed by atoms with Crippen molar-refractivity contribution in [3.05, 3.63) is 69.8 Å². The van der Waals surface area contributed by atoms with E-state index in [4.69, 9.17) is 10.2 Å². The molecule has 0 radical (unpaired) electrons. The number of carbonyl (C=O) groups is 2. The quantitative estimate of drug-likeness (QED) is 0.652. The smallest absolute Gasteiger partial charge is 0.335 e. The van der Waals surface area contributed by atoms with E-state index < -0.39 is 16.9 Å². The van der Waals surface area contributed by atoms with Gasteiger partial charge < -0.3 is 15.1 Å². The van der Waals surface area contributed by atoms with E-state index >= 15 is 0 Å². The van der Waals surface area contributed by atoms with Gasteiger partial charge in [0, 0.05) is 31.9 Å². The van der Waals surface area contributed by atoms with Gasteiger partial charge in [-0.25, -0.2) is 9.59 Å². The van der Waals surface area contributed by atoms with Gasteiger partial charge in [-0.15, -0.1) is 0 Å². The number of carboxylic acids is 2. The van der Waals surface area contributed by atoms with Gasteiger partial charge in [0.1, 0.15) is 0 Å². The molecule has 0 atom stereocenters. The number of rotatable bonds is 4. The monoisotopic (exact) mass is 332 g/mol. The Hall–Kier alpha value is -3.42. The van der Waals surface area contributed by atoms with Crippen LogP contribution in [-0.4, -0.2) is 41.2 Å². The number of non-ortho nitro benzene ring substituents is 1. The van der Waals surface area contributed by atoms with Crippen molar-refractivity contribution in [3.8, 4) is 0 Å². The summed E-state index contributed by atoms with van der Waals surface area (Å²) in [6, 6.07) is 11.5. The molecular weight excluding hydrogens is 316 g/mol. The molecule has 2 aromatic rings. The summed E-state index contributed by atoms with van der Waals surface area (Å²) >= 11 is 0. The molecule has 0 unspecified atom stereocenters. The zero-order valence-electron chi connectivity index (χ0n) is 13.0. The Balaban J connectivity index is 0.000000240. The number of hydrogen-bond donors (Lipinski definition) is 2. The van der Waals surface area contributed by atoms with Crippen molar-refractivity contribution in [2.24, 2.45) is 0 Å². The summed E-state index contributed by atoms with van der Waals surface area (Å²) in [5.74, 6) is -1.98. The first-order chi connectivity index (χ1) is 11.2. The lowest BCUT2D eigenvalue weighted by Crippen LogP contribution is -2.09. The lowest BCUT2D eigenvalue weighted by molar-refractivity contribution is -0.384. The highest BCUT2D eigenvalue weighted by Crippen LogP contribution is 2.13. The topological polar surface area (TPSA) is 121 Å². The average Bonchev–Trinajstić information content (AvgIpc) is 2.55. The molecule has 8 heteroatoms. The van der Waals surface area contributed by atoms with Gasteiger partial charge in [0.25, 0.3) is 5.69 Å². The number of anilines is 1. The van der Waals surface area contributed by atoms with Crippen LogP contribution in [0.25, 0.3) is 0 Å². The first-order valence-electron chi connectivity index (χ1n) is 6.70. The van der Waals surface area contributed by atoms with E-state index in [-0.39, 0.29) is 11.3 Å². The SMILES string of the molecule is CN(C)c1cccc(C(=O)O)c1.O=C(O)c1ccc([N+](=O)[O-])cc1. The summed E-state index contributed by atoms with van der Waals surface area (Å²) in [6.45, 7) is 0. The van der Waals surface area contributed by atoms with Crippen molar-refractivity contribution >= 4 is 23.3 Å². The molecule has 0 saturated heterocycles. The minimum absolute atomic E-state index is 0.0422. The largest absolute Gasteiger partial charge is 0.478 e. The highest BCUT2D eigenvalue weighted by molar-refractivity contribution is 5.89. The van der Waals surface area contributed by atoms with Crippen LogP contribution in [0.2, 0.25) is 0 Å². The molecule has 0 aliphatic carbocycles. The molecule has 8 nitrogen and oxygen atoms in total. The molecule has 0 heterocycles. The summed E-state index contributed by atoms with van der Waals surface area (Å²) in [6.07, 6.45) is 0. The molecule has 0 saturated carbocycles. The van der Waals surface area contributed by atoms with Crippen molar-refractivity contribution in [2.45, 2.75) is 0 Å². The van der Waals surface area contributed by atoms with E-state index in [9.17, 15) is 19.7 Å². The van der Waals surface area contributed by atoms with Gasteiger partial charge in [0.05, 0.1) is 16.1 Å². The predicted molar refractivity (Wildman–Crippen MR) is 87.8 cm³/mol. The number of nitrogens with zero attached hydrogens (tertiary/aromatic N) is 2. The standard InChI is InChI=1S/C9H11NO2.C7H5NO4/c1-10(2)8-5-3-4-7(6-8)9(11)12;9-7(10)5-1-3-6(4-2-5)8(11)12/h3-6H,1-2H3,(H,11,12);1-4H,(H,9,10). The number of hydrogen-bond acceptors (Lipinski definition) is 5. The molecule has 2 aromatic carbocycles. The van der Waals surface area contributed by atoms with Gasteiger partial charge in [0.2, 0.25) is 0 Å². The van der Waals surface area contributed by atoms with Gasteiger partial charge in [-0.3, -0.25) is 10.1 Å². The van der Waals surface area contributed by atoms with Crippen LogP contribution in [0.15, 0.2) is 48.5 Å². The number of benzene rings is 2. The lowest BCUT2D eigenvalue weighted by Gasteiger charge is -2.12. The molecule has 0 aromatic heterocycles. The fourth-order valence-corrected chi connectivity index (χ4v) is 1.64. The third-order valence-corrected chi connectivity index (χ3v) is 2.93. The van der Waals surface area contributed by atoms with Gasteiger partial charge in [0.15, 0.2) is 0 Å². The van der Waals surface area contributed by atoms with Crippen LogP contribution in [0.4, 0.5) is 11.4 Å². The van der Waals surface area contributed by atoms with Crippen LogP contribution in [0, 0.1) is 10.1 Å². The Morgan fingerprint density at radius 1 is 0.958 bits per heavy atom. The molecular formula is C16H16N2O6. The van der Waals surface area contributed by atoms with E-state index in [0.29, 0.717) is 5.56 Å². The normalized spacial score (nSPS) is 9.42. The van der Waals surface area contributed by atoms with Crippen LogP contribution in [-0.2, 0) is 0 Å². The molecule has 0 spiro atoms. The number of nitro benzene ring substituents is 1. The van der Waals surface area contributed by atoms with Crippen molar-refractivity contribution < 1.29 is 24.7 Å². The third-order valence-electron chi connectivity index (χ3n) is 2.93. The summed E-state index contributed by atoms with van der Waals surface area (Å²) < 4.78 is 0. The van der Waals surface area contributed by atoms with E-state index in [1.807, 2.05) is 25.1 Å². The van der Waals surface area contributed by atoms with Crippen molar-refractivity contribution in [1.29, 1.82) is 0 Å². The highest BCUT2D eigenvalue weighted by atomic mass is 16.6. The Morgan fingerprint density at radius 3 is 1.92 bits per heavy atom. The first kappa shape index (κ1) is 18.6. The summed E-state index contributed by atoms with van der Waals surface area (Å²) in [5, 5.41) is 27.3. The second-order valence-electron chi connectivity index (χ2n) is 4.86. The molecule has 0 bridgehead atoms. The predicted octanol–water partition coefficient (Wildman–Crippen LogP) is 2.74. The maximum Gasteiger partial charge on any atom is 0.335 e. The molecule has 0 fully saturated rings. The lowest BCUT2D eigenvalue weighted by atomic mass is 10.2. The van der Waals surface area contributed by atoms with Gasteiger partial charge >= 0.3 is 11.9 Å². The molecule has 0 aliphatic heterocycles. The minimum Gasteiger partial charge on any atom is -0.478 e. The second-order valence-corrected chi connectivity index (χ2v) is 4.86. The van der Waals surface area contributed by atoms with Gasteiger partial charge in [-0.05, 0) is 30.3 Å². The molecule has 0 aliphatic rings. The molecule has 126 valence electrons. The zero-order chi connectivity index (χ0) is 18.3. The van der Waals surface area contributed by atoms with Crippen LogP contribution >= 0.6 is 0 Å². The maximum atomic E-state index is 10.6. The van der Waals surface area contributed by atoms with Crippen LogP contribution in [0.3, 0.4) is 0 Å². The third kappa shape index (κ3) is 5.41. The maximum absolute atomic E-state index is 10.6. The Labute approximate surface area is 137 Å². The van der Waals surface area contributed by atoms with Crippen molar-refractivity contribution in [2.75, 3.05) is 19.0 Å². The van der Waals surface area contributed by atoms with E-state index in [2.05, 4.69) is 0 Å². The first-order valence-corrected chi connectivity index (χ1v) is 6.70. The molecule has 2 N–H and O–H groups in total. The Kier molecular flexibility index (Phi) is 6.42. The van der Waals surface area contributed by atoms with Crippen LogP contribution in [0.5, 0.6) is 0 Å². The number of carboxylic acid groups (broad SMARTS) is 2. The second kappa shape index (κ2) is 8.28. The summed E-state index contributed by atoms with van der Waals surface area (Å²) in [4.78, 5) is 32.3. The number of nitro groups is 1. The minimum atomic E-state index is -1.09. The summed E-state index contributed by atoms with van der Waals surface area (Å²) in [7, 11) is 3.75. The van der Waals surface area contributed by atoms with E-state index in [1.54, 1.807) is 18.2 Å². The molecule has 2 rings (SSSR count). The zero-order valence-corrected chi connectivity index (χ0v) is 13.0. The van der Waals surface area contributed by atoms with Crippen LogP contribution in [0.1, 0.15) is 20.7 Å². The molecule has 24 heavy (non-hydrogen) atoms. The Bertz CT molecular complexity index is 707. The van der Waals surface area contributed by atoms with E-state index in [1.165, 1.54) is 12.1 Å². The highest BCUT2D eigenvalue weighted by Gasteiger charge is 2.07.